The van der Waals surface area contributed by atoms with E-state index in [1.54, 1.807) is 0 Å². The van der Waals surface area contributed by atoms with Crippen molar-refractivity contribution in [3.8, 4) is 0 Å². The van der Waals surface area contributed by atoms with E-state index in [0.717, 1.165) is 58.0 Å². The monoisotopic (exact) mass is 296 g/mol. The van der Waals surface area contributed by atoms with Gasteiger partial charge in [0.05, 0.1) is 12.0 Å². The molecule has 1 aliphatic carbocycles. The van der Waals surface area contributed by atoms with Gasteiger partial charge in [0.15, 0.2) is 0 Å². The van der Waals surface area contributed by atoms with E-state index in [9.17, 15) is 9.59 Å². The molecule has 1 saturated carbocycles. The van der Waals surface area contributed by atoms with Crippen LogP contribution in [0.4, 0.5) is 4.79 Å². The molecule has 0 aromatic rings. The van der Waals surface area contributed by atoms with Crippen LogP contribution in [0.15, 0.2) is 0 Å². The lowest BCUT2D eigenvalue weighted by molar-refractivity contribution is -0.138. The molecule has 0 bridgehead atoms. The number of nitrogens with zero attached hydrogens (tertiary/aromatic N) is 1. The van der Waals surface area contributed by atoms with Crippen molar-refractivity contribution in [2.24, 2.45) is 5.41 Å². The van der Waals surface area contributed by atoms with Crippen LogP contribution in [0.25, 0.3) is 0 Å². The predicted octanol–water partition coefficient (Wildman–Crippen LogP) is 3.00. The van der Waals surface area contributed by atoms with E-state index in [1.807, 2.05) is 4.90 Å². The Morgan fingerprint density at radius 3 is 2.24 bits per heavy atom. The lowest BCUT2D eigenvalue weighted by Gasteiger charge is -2.32. The Hall–Kier alpha value is -1.26. The van der Waals surface area contributed by atoms with Gasteiger partial charge in [-0.25, -0.2) is 4.79 Å². The van der Waals surface area contributed by atoms with Crippen molar-refractivity contribution in [3.63, 3.8) is 0 Å². The highest BCUT2D eigenvalue weighted by atomic mass is 16.4. The Morgan fingerprint density at radius 1 is 1.14 bits per heavy atom. The van der Waals surface area contributed by atoms with Crippen molar-refractivity contribution in [1.29, 1.82) is 0 Å². The number of nitrogens with one attached hydrogen (secondary N) is 1. The van der Waals surface area contributed by atoms with Crippen LogP contribution in [0, 0.1) is 5.41 Å². The minimum Gasteiger partial charge on any atom is -0.481 e. The second-order valence-electron chi connectivity index (χ2n) is 6.87. The van der Waals surface area contributed by atoms with Crippen molar-refractivity contribution >= 4 is 12.0 Å². The molecule has 2 fully saturated rings. The van der Waals surface area contributed by atoms with Crippen LogP contribution in [0.5, 0.6) is 0 Å². The van der Waals surface area contributed by atoms with Crippen molar-refractivity contribution in [3.05, 3.63) is 0 Å². The Bertz CT molecular complexity index is 398. The van der Waals surface area contributed by atoms with Gasteiger partial charge in [0.1, 0.15) is 0 Å². The summed E-state index contributed by atoms with van der Waals surface area (Å²) in [6, 6.07) is -0.0677. The summed E-state index contributed by atoms with van der Waals surface area (Å²) in [5, 5.41) is 12.2. The molecule has 0 atom stereocenters. The Morgan fingerprint density at radius 2 is 1.76 bits per heavy atom. The smallest absolute Gasteiger partial charge is 0.317 e. The normalized spacial score (nSPS) is 23.2. The van der Waals surface area contributed by atoms with Crippen LogP contribution in [-0.4, -0.2) is 40.6 Å². The Labute approximate surface area is 127 Å². The maximum absolute atomic E-state index is 12.5. The number of hydrogen-bond donors (Lipinski definition) is 2. The van der Waals surface area contributed by atoms with Gasteiger partial charge < -0.3 is 15.3 Å². The first-order valence-electron chi connectivity index (χ1n) is 8.23. The molecule has 0 aromatic carbocycles. The average Bonchev–Trinajstić information content (AvgIpc) is 3.05. The summed E-state index contributed by atoms with van der Waals surface area (Å²) in [4.78, 5) is 25.5. The van der Waals surface area contributed by atoms with Gasteiger partial charge in [-0.1, -0.05) is 26.7 Å². The number of carbonyl (C=O) groups excluding carboxylic acids is 1. The van der Waals surface area contributed by atoms with Crippen molar-refractivity contribution in [2.45, 2.75) is 70.8 Å². The SMILES string of the molecule is CCC1(CC)CCN(C(=O)NC2(CC(=O)O)CCCC2)C1. The van der Waals surface area contributed by atoms with Gasteiger partial charge in [-0.2, -0.15) is 0 Å². The molecule has 5 heteroatoms. The maximum Gasteiger partial charge on any atom is 0.317 e. The third kappa shape index (κ3) is 3.50. The summed E-state index contributed by atoms with van der Waals surface area (Å²) >= 11 is 0. The standard InChI is InChI=1S/C16H28N2O3/c1-3-15(4-2)9-10-18(12-15)14(21)17-16(11-13(19)20)7-5-6-8-16/h3-12H2,1-2H3,(H,17,21)(H,19,20). The van der Waals surface area contributed by atoms with Crippen molar-refractivity contribution in [1.82, 2.24) is 10.2 Å². The molecule has 5 nitrogen and oxygen atoms in total. The first-order valence-corrected chi connectivity index (χ1v) is 8.23. The summed E-state index contributed by atoms with van der Waals surface area (Å²) in [5.41, 5.74) is -0.264. The molecule has 1 heterocycles. The third-order valence-electron chi connectivity index (χ3n) is 5.65. The van der Waals surface area contributed by atoms with Crippen LogP contribution in [0.3, 0.4) is 0 Å². The lowest BCUT2D eigenvalue weighted by atomic mass is 9.82. The topological polar surface area (TPSA) is 69.6 Å². The van der Waals surface area contributed by atoms with Gasteiger partial charge in [-0.15, -0.1) is 0 Å². The third-order valence-corrected chi connectivity index (χ3v) is 5.65. The van der Waals surface area contributed by atoms with Crippen LogP contribution in [0.2, 0.25) is 0 Å². The van der Waals surface area contributed by atoms with Gasteiger partial charge >= 0.3 is 12.0 Å². The highest BCUT2D eigenvalue weighted by molar-refractivity contribution is 5.77. The van der Waals surface area contributed by atoms with Crippen LogP contribution in [-0.2, 0) is 4.79 Å². The van der Waals surface area contributed by atoms with E-state index in [0.29, 0.717) is 0 Å². The maximum atomic E-state index is 12.5. The lowest BCUT2D eigenvalue weighted by Crippen LogP contribution is -2.52. The number of amides is 2. The quantitative estimate of drug-likeness (QED) is 0.819. The number of carbonyl (C=O) groups is 2. The van der Waals surface area contributed by atoms with Gasteiger partial charge in [0.25, 0.3) is 0 Å². The molecule has 2 aliphatic rings. The summed E-state index contributed by atoms with van der Waals surface area (Å²) in [5.74, 6) is -0.824. The average molecular weight is 296 g/mol. The molecule has 2 amide bonds. The molecule has 0 aromatic heterocycles. The minimum atomic E-state index is -0.824. The largest absolute Gasteiger partial charge is 0.481 e. The van der Waals surface area contributed by atoms with E-state index in [-0.39, 0.29) is 17.9 Å². The highest BCUT2D eigenvalue weighted by Crippen LogP contribution is 2.38. The molecule has 2 N–H and O–H groups in total. The van der Waals surface area contributed by atoms with Crippen LogP contribution >= 0.6 is 0 Å². The molecule has 0 spiro atoms. The first-order chi connectivity index (χ1) is 9.94. The zero-order chi connectivity index (χ0) is 15.5. The van der Waals surface area contributed by atoms with E-state index < -0.39 is 11.5 Å². The zero-order valence-electron chi connectivity index (χ0n) is 13.3. The summed E-state index contributed by atoms with van der Waals surface area (Å²) in [6.45, 7) is 5.97. The molecule has 21 heavy (non-hydrogen) atoms. The minimum absolute atomic E-state index is 0.0410. The second-order valence-corrected chi connectivity index (χ2v) is 6.87. The van der Waals surface area contributed by atoms with Gasteiger partial charge in [0.2, 0.25) is 0 Å². The number of hydrogen-bond acceptors (Lipinski definition) is 2. The number of carboxylic acids is 1. The van der Waals surface area contributed by atoms with Gasteiger partial charge in [-0.3, -0.25) is 4.79 Å². The molecule has 0 unspecified atom stereocenters. The van der Waals surface area contributed by atoms with E-state index in [4.69, 9.17) is 5.11 Å². The molecular formula is C16H28N2O3. The zero-order valence-corrected chi connectivity index (χ0v) is 13.3. The van der Waals surface area contributed by atoms with Gasteiger partial charge in [-0.05, 0) is 37.5 Å². The summed E-state index contributed by atoms with van der Waals surface area (Å²) in [7, 11) is 0. The van der Waals surface area contributed by atoms with Crippen molar-refractivity contribution < 1.29 is 14.7 Å². The number of likely N-dealkylation sites (tertiary alicyclic amines) is 1. The fraction of sp³-hybridized carbons (Fsp3) is 0.875. The molecule has 0 radical (unpaired) electrons. The van der Waals surface area contributed by atoms with Crippen molar-refractivity contribution in [2.75, 3.05) is 13.1 Å². The second kappa shape index (κ2) is 6.24. The fourth-order valence-electron chi connectivity index (χ4n) is 3.93. The molecule has 1 saturated heterocycles. The number of carboxylic acid groups (broad SMARTS) is 1. The molecule has 1 aliphatic heterocycles. The first kappa shape index (κ1) is 16.1. The van der Waals surface area contributed by atoms with E-state index in [2.05, 4.69) is 19.2 Å². The number of aliphatic carboxylic acids is 1. The van der Waals surface area contributed by atoms with E-state index in [1.165, 1.54) is 0 Å². The highest BCUT2D eigenvalue weighted by Gasteiger charge is 2.41. The predicted molar refractivity (Wildman–Crippen MR) is 81.2 cm³/mol. The Kier molecular flexibility index (Phi) is 4.79. The van der Waals surface area contributed by atoms with Gasteiger partial charge in [0, 0.05) is 13.1 Å². The molecular weight excluding hydrogens is 268 g/mol. The number of rotatable bonds is 5. The summed E-state index contributed by atoms with van der Waals surface area (Å²) < 4.78 is 0. The van der Waals surface area contributed by atoms with E-state index >= 15 is 0 Å². The Balaban J connectivity index is 1.99. The van der Waals surface area contributed by atoms with Crippen LogP contribution in [0.1, 0.15) is 65.2 Å². The van der Waals surface area contributed by atoms with Crippen LogP contribution < -0.4 is 5.32 Å². The number of urea groups is 1. The molecule has 2 rings (SSSR count). The molecule has 120 valence electrons. The fourth-order valence-corrected chi connectivity index (χ4v) is 3.93. The summed E-state index contributed by atoms with van der Waals surface area (Å²) in [6.07, 6.45) is 6.85.